The molecule has 2 N–H and O–H groups in total. The minimum Gasteiger partial charge on any atom is -0.310 e. The Kier molecular flexibility index (Phi) is 3.52. The number of piperidine rings is 1. The van der Waals surface area contributed by atoms with Crippen LogP contribution in [-0.2, 0) is 13.6 Å². The van der Waals surface area contributed by atoms with E-state index < -0.39 is 0 Å². The average Bonchev–Trinajstić information content (AvgIpc) is 2.56. The van der Waals surface area contributed by atoms with Crippen molar-refractivity contribution in [3.8, 4) is 0 Å². The van der Waals surface area contributed by atoms with Crippen molar-refractivity contribution >= 4 is 0 Å². The molecule has 1 aromatic rings. The minimum absolute atomic E-state index is 0.203. The lowest BCUT2D eigenvalue weighted by Crippen LogP contribution is -2.61. The predicted octanol–water partition coefficient (Wildman–Crippen LogP) is 1.82. The summed E-state index contributed by atoms with van der Waals surface area (Å²) in [6, 6.07) is 0.566. The Balaban J connectivity index is 1.93. The van der Waals surface area contributed by atoms with Crippen molar-refractivity contribution in [2.24, 2.45) is 7.05 Å². The quantitative estimate of drug-likeness (QED) is 0.860. The molecule has 0 bridgehead atoms. The Morgan fingerprint density at radius 1 is 1.33 bits per heavy atom. The molecular weight excluding hydrogens is 224 g/mol. The van der Waals surface area contributed by atoms with Crippen molar-refractivity contribution in [2.75, 3.05) is 0 Å². The first kappa shape index (κ1) is 13.6. The highest BCUT2D eigenvalue weighted by Crippen LogP contribution is 2.28. The molecule has 0 aromatic carbocycles. The lowest BCUT2D eigenvalue weighted by molar-refractivity contribution is 0.145. The van der Waals surface area contributed by atoms with E-state index in [0.717, 1.165) is 19.4 Å². The van der Waals surface area contributed by atoms with E-state index in [9.17, 15) is 0 Å². The van der Waals surface area contributed by atoms with Crippen molar-refractivity contribution in [1.29, 1.82) is 0 Å². The molecule has 2 rings (SSSR count). The molecule has 0 atom stereocenters. The molecule has 0 saturated carbocycles. The third-order valence-corrected chi connectivity index (χ3v) is 3.54. The summed E-state index contributed by atoms with van der Waals surface area (Å²) in [4.78, 5) is 0. The lowest BCUT2D eigenvalue weighted by Gasteiger charge is -2.46. The van der Waals surface area contributed by atoms with Gasteiger partial charge in [0, 0.05) is 42.5 Å². The van der Waals surface area contributed by atoms with E-state index in [-0.39, 0.29) is 11.1 Å². The van der Waals surface area contributed by atoms with E-state index in [0.29, 0.717) is 6.04 Å². The molecule has 0 radical (unpaired) electrons. The van der Waals surface area contributed by atoms with Gasteiger partial charge in [0.15, 0.2) is 0 Å². The van der Waals surface area contributed by atoms with Gasteiger partial charge < -0.3 is 10.6 Å². The van der Waals surface area contributed by atoms with E-state index in [1.165, 1.54) is 5.56 Å². The number of hydrogen-bond acceptors (Lipinski definition) is 3. The zero-order chi connectivity index (χ0) is 13.4. The number of hydrogen-bond donors (Lipinski definition) is 2. The van der Waals surface area contributed by atoms with Gasteiger partial charge in [0.1, 0.15) is 0 Å². The number of aryl methyl sites for hydroxylation is 1. The second kappa shape index (κ2) is 4.67. The zero-order valence-corrected chi connectivity index (χ0v) is 12.2. The van der Waals surface area contributed by atoms with Gasteiger partial charge in [-0.1, -0.05) is 0 Å². The molecule has 1 aliphatic heterocycles. The predicted molar refractivity (Wildman–Crippen MR) is 74.4 cm³/mol. The number of nitrogens with zero attached hydrogens (tertiary/aromatic N) is 2. The summed E-state index contributed by atoms with van der Waals surface area (Å²) in [6.07, 6.45) is 6.34. The summed E-state index contributed by atoms with van der Waals surface area (Å²) in [7, 11) is 1.96. The van der Waals surface area contributed by atoms with Crippen LogP contribution in [0.2, 0.25) is 0 Å². The summed E-state index contributed by atoms with van der Waals surface area (Å²) in [6.45, 7) is 10.0. The standard InChI is InChI=1S/C14H26N4/c1-13(2)6-12(7-14(3,4)17-13)15-8-11-9-16-18(5)10-11/h9-10,12,15,17H,6-8H2,1-5H3. The highest BCUT2D eigenvalue weighted by atomic mass is 15.2. The van der Waals surface area contributed by atoms with E-state index >= 15 is 0 Å². The van der Waals surface area contributed by atoms with E-state index in [2.05, 4.69) is 49.6 Å². The highest BCUT2D eigenvalue weighted by Gasteiger charge is 2.37. The van der Waals surface area contributed by atoms with Crippen molar-refractivity contribution in [2.45, 2.75) is 64.2 Å². The summed E-state index contributed by atoms with van der Waals surface area (Å²) < 4.78 is 1.85. The smallest absolute Gasteiger partial charge is 0.0534 e. The number of aromatic nitrogens is 2. The van der Waals surface area contributed by atoms with Gasteiger partial charge in [-0.25, -0.2) is 0 Å². The van der Waals surface area contributed by atoms with Gasteiger partial charge >= 0.3 is 0 Å². The molecule has 1 fully saturated rings. The molecule has 1 aliphatic rings. The van der Waals surface area contributed by atoms with Crippen LogP contribution in [0.4, 0.5) is 0 Å². The number of nitrogens with one attached hydrogen (secondary N) is 2. The first-order chi connectivity index (χ1) is 8.26. The molecule has 0 spiro atoms. The third kappa shape index (κ3) is 3.56. The van der Waals surface area contributed by atoms with Crippen LogP contribution in [0.5, 0.6) is 0 Å². The Morgan fingerprint density at radius 3 is 2.44 bits per heavy atom. The monoisotopic (exact) mass is 250 g/mol. The largest absolute Gasteiger partial charge is 0.310 e. The molecule has 18 heavy (non-hydrogen) atoms. The summed E-state index contributed by atoms with van der Waals surface area (Å²) >= 11 is 0. The van der Waals surface area contributed by atoms with Gasteiger partial charge in [-0.05, 0) is 40.5 Å². The second-order valence-electron chi connectivity index (χ2n) is 6.90. The molecule has 1 aromatic heterocycles. The van der Waals surface area contributed by atoms with E-state index in [4.69, 9.17) is 0 Å². The maximum Gasteiger partial charge on any atom is 0.0534 e. The van der Waals surface area contributed by atoms with Gasteiger partial charge in [-0.3, -0.25) is 4.68 Å². The van der Waals surface area contributed by atoms with Crippen LogP contribution >= 0.6 is 0 Å². The van der Waals surface area contributed by atoms with Gasteiger partial charge in [0.2, 0.25) is 0 Å². The maximum atomic E-state index is 4.20. The third-order valence-electron chi connectivity index (χ3n) is 3.54. The molecule has 0 aliphatic carbocycles. The lowest BCUT2D eigenvalue weighted by atomic mass is 9.79. The topological polar surface area (TPSA) is 41.9 Å². The van der Waals surface area contributed by atoms with Crippen LogP contribution in [0, 0.1) is 0 Å². The summed E-state index contributed by atoms with van der Waals surface area (Å²) in [5.41, 5.74) is 1.66. The normalized spacial score (nSPS) is 23.2. The number of rotatable bonds is 3. The van der Waals surface area contributed by atoms with Gasteiger partial charge in [-0.2, -0.15) is 5.10 Å². The average molecular weight is 250 g/mol. The van der Waals surface area contributed by atoms with Crippen LogP contribution in [0.3, 0.4) is 0 Å². The highest BCUT2D eigenvalue weighted by molar-refractivity contribution is 5.05. The molecule has 4 heteroatoms. The van der Waals surface area contributed by atoms with Crippen molar-refractivity contribution in [3.63, 3.8) is 0 Å². The van der Waals surface area contributed by atoms with E-state index in [1.807, 2.05) is 17.9 Å². The first-order valence-corrected chi connectivity index (χ1v) is 6.76. The fourth-order valence-electron chi connectivity index (χ4n) is 3.29. The van der Waals surface area contributed by atoms with Crippen LogP contribution in [-0.4, -0.2) is 26.9 Å². The molecule has 1 saturated heterocycles. The molecular formula is C14H26N4. The zero-order valence-electron chi connectivity index (χ0n) is 12.2. The SMILES string of the molecule is Cn1cc(CNC2CC(C)(C)NC(C)(C)C2)cn1. The molecule has 0 unspecified atom stereocenters. The summed E-state index contributed by atoms with van der Waals surface area (Å²) in [5, 5.41) is 11.6. The molecule has 4 nitrogen and oxygen atoms in total. The molecule has 2 heterocycles. The minimum atomic E-state index is 0.203. The molecule has 0 amide bonds. The Hall–Kier alpha value is -0.870. The van der Waals surface area contributed by atoms with Crippen molar-refractivity contribution < 1.29 is 0 Å². The Labute approximate surface area is 110 Å². The van der Waals surface area contributed by atoms with Gasteiger partial charge in [0.25, 0.3) is 0 Å². The first-order valence-electron chi connectivity index (χ1n) is 6.76. The van der Waals surface area contributed by atoms with E-state index in [1.54, 1.807) is 0 Å². The van der Waals surface area contributed by atoms with Crippen LogP contribution in [0.1, 0.15) is 46.1 Å². The van der Waals surface area contributed by atoms with Crippen LogP contribution in [0.15, 0.2) is 12.4 Å². The second-order valence-corrected chi connectivity index (χ2v) is 6.90. The fraction of sp³-hybridized carbons (Fsp3) is 0.786. The summed E-state index contributed by atoms with van der Waals surface area (Å²) in [5.74, 6) is 0. The Bertz CT molecular complexity index is 390. The van der Waals surface area contributed by atoms with Crippen LogP contribution in [0.25, 0.3) is 0 Å². The van der Waals surface area contributed by atoms with Gasteiger partial charge in [-0.15, -0.1) is 0 Å². The Morgan fingerprint density at radius 2 is 1.94 bits per heavy atom. The molecule has 102 valence electrons. The fourth-order valence-corrected chi connectivity index (χ4v) is 3.29. The van der Waals surface area contributed by atoms with Crippen LogP contribution < -0.4 is 10.6 Å². The maximum absolute atomic E-state index is 4.20. The van der Waals surface area contributed by atoms with Crippen molar-refractivity contribution in [3.05, 3.63) is 18.0 Å². The van der Waals surface area contributed by atoms with Gasteiger partial charge in [0.05, 0.1) is 6.20 Å². The van der Waals surface area contributed by atoms with Crippen molar-refractivity contribution in [1.82, 2.24) is 20.4 Å².